The number of thiazole rings is 1. The summed E-state index contributed by atoms with van der Waals surface area (Å²) in [6, 6.07) is 0. The van der Waals surface area contributed by atoms with E-state index in [0.29, 0.717) is 15.8 Å². The van der Waals surface area contributed by atoms with Crippen LogP contribution in [0, 0.1) is 5.92 Å². The third kappa shape index (κ3) is 3.70. The summed E-state index contributed by atoms with van der Waals surface area (Å²) in [4.78, 5) is 26.6. The van der Waals surface area contributed by atoms with Gasteiger partial charge in [0.25, 0.3) is 0 Å². The van der Waals surface area contributed by atoms with E-state index in [9.17, 15) is 9.59 Å². The SMILES string of the molecule is COC(=O)Cc1nc(NC(=O)C(C)C)sc1N. The molecule has 3 N–H and O–H groups in total. The van der Waals surface area contributed by atoms with Crippen LogP contribution < -0.4 is 11.1 Å². The number of nitrogens with two attached hydrogens (primary N) is 1. The minimum absolute atomic E-state index is 0.0103. The molecule has 0 spiro atoms. The molecular formula is C10H15N3O3S. The first-order valence-corrected chi connectivity index (χ1v) is 5.88. The van der Waals surface area contributed by atoms with Crippen LogP contribution in [-0.2, 0) is 20.7 Å². The number of esters is 1. The number of hydrogen-bond donors (Lipinski definition) is 2. The van der Waals surface area contributed by atoms with E-state index >= 15 is 0 Å². The van der Waals surface area contributed by atoms with E-state index in [0.717, 1.165) is 11.3 Å². The lowest BCUT2D eigenvalue weighted by Gasteiger charge is -2.03. The molecule has 0 unspecified atom stereocenters. The van der Waals surface area contributed by atoms with Crippen LogP contribution >= 0.6 is 11.3 Å². The molecule has 1 rings (SSSR count). The van der Waals surface area contributed by atoms with Crippen LogP contribution in [0.3, 0.4) is 0 Å². The molecular weight excluding hydrogens is 242 g/mol. The van der Waals surface area contributed by atoms with Crippen molar-refractivity contribution >= 4 is 33.3 Å². The number of methoxy groups -OCH3 is 1. The fraction of sp³-hybridized carbons (Fsp3) is 0.500. The summed E-state index contributed by atoms with van der Waals surface area (Å²) in [6.45, 7) is 3.56. The molecule has 7 heteroatoms. The molecule has 1 aromatic heterocycles. The number of nitrogens with one attached hydrogen (secondary N) is 1. The standard InChI is InChI=1S/C10H15N3O3S/c1-5(2)9(15)13-10-12-6(8(11)17-10)4-7(14)16-3/h5H,4,11H2,1-3H3,(H,12,13,15). The topological polar surface area (TPSA) is 94.3 Å². The van der Waals surface area contributed by atoms with Crippen molar-refractivity contribution in [3.05, 3.63) is 5.69 Å². The molecule has 0 saturated heterocycles. The van der Waals surface area contributed by atoms with Gasteiger partial charge in [-0.3, -0.25) is 9.59 Å². The van der Waals surface area contributed by atoms with Gasteiger partial charge in [0.2, 0.25) is 5.91 Å². The molecule has 1 aromatic rings. The Bertz CT molecular complexity index is 428. The minimum atomic E-state index is -0.413. The highest BCUT2D eigenvalue weighted by atomic mass is 32.1. The second kappa shape index (κ2) is 5.62. The summed E-state index contributed by atoms with van der Waals surface area (Å²) in [5, 5.41) is 3.44. The lowest BCUT2D eigenvalue weighted by molar-refractivity contribution is -0.139. The number of nitrogen functional groups attached to an aromatic ring is 1. The Labute approximate surface area is 103 Å². The van der Waals surface area contributed by atoms with Crippen molar-refractivity contribution in [2.24, 2.45) is 5.92 Å². The summed E-state index contributed by atoms with van der Waals surface area (Å²) >= 11 is 1.14. The van der Waals surface area contributed by atoms with Gasteiger partial charge < -0.3 is 15.8 Å². The second-order valence-electron chi connectivity index (χ2n) is 3.73. The maximum absolute atomic E-state index is 11.4. The molecule has 1 amide bonds. The van der Waals surface area contributed by atoms with Crippen LogP contribution in [0.25, 0.3) is 0 Å². The van der Waals surface area contributed by atoms with Gasteiger partial charge in [0.1, 0.15) is 5.00 Å². The Balaban J connectivity index is 2.74. The number of nitrogens with zero attached hydrogens (tertiary/aromatic N) is 1. The summed E-state index contributed by atoms with van der Waals surface area (Å²) in [7, 11) is 1.30. The Morgan fingerprint density at radius 1 is 1.53 bits per heavy atom. The molecule has 0 aliphatic heterocycles. The van der Waals surface area contributed by atoms with Crippen molar-refractivity contribution in [2.75, 3.05) is 18.2 Å². The van der Waals surface area contributed by atoms with Crippen LogP contribution in [0.4, 0.5) is 10.1 Å². The highest BCUT2D eigenvalue weighted by molar-refractivity contribution is 7.19. The smallest absolute Gasteiger partial charge is 0.311 e. The Kier molecular flexibility index (Phi) is 4.45. The summed E-state index contributed by atoms with van der Waals surface area (Å²) < 4.78 is 4.52. The summed E-state index contributed by atoms with van der Waals surface area (Å²) in [5.41, 5.74) is 6.12. The van der Waals surface area contributed by atoms with E-state index in [4.69, 9.17) is 5.73 Å². The van der Waals surface area contributed by atoms with Crippen molar-refractivity contribution in [1.82, 2.24) is 4.98 Å². The van der Waals surface area contributed by atoms with Crippen molar-refractivity contribution in [3.63, 3.8) is 0 Å². The number of carbonyl (C=O) groups excluding carboxylic acids is 2. The van der Waals surface area contributed by atoms with Gasteiger partial charge in [-0.1, -0.05) is 25.2 Å². The van der Waals surface area contributed by atoms with E-state index in [1.165, 1.54) is 7.11 Å². The Morgan fingerprint density at radius 3 is 2.71 bits per heavy atom. The number of amides is 1. The van der Waals surface area contributed by atoms with Crippen LogP contribution in [-0.4, -0.2) is 24.0 Å². The summed E-state index contributed by atoms with van der Waals surface area (Å²) in [5.74, 6) is -0.684. The molecule has 94 valence electrons. The highest BCUT2D eigenvalue weighted by Crippen LogP contribution is 2.26. The maximum atomic E-state index is 11.4. The molecule has 6 nitrogen and oxygen atoms in total. The van der Waals surface area contributed by atoms with E-state index < -0.39 is 5.97 Å². The van der Waals surface area contributed by atoms with Gasteiger partial charge in [0.15, 0.2) is 5.13 Å². The van der Waals surface area contributed by atoms with Gasteiger partial charge in [0, 0.05) is 5.92 Å². The zero-order valence-corrected chi connectivity index (χ0v) is 10.8. The Morgan fingerprint density at radius 2 is 2.18 bits per heavy atom. The number of carbonyl (C=O) groups is 2. The average molecular weight is 257 g/mol. The zero-order chi connectivity index (χ0) is 13.0. The van der Waals surface area contributed by atoms with Gasteiger partial charge in [-0.2, -0.15) is 0 Å². The third-order valence-electron chi connectivity index (χ3n) is 2.02. The van der Waals surface area contributed by atoms with E-state index in [2.05, 4.69) is 15.0 Å². The molecule has 0 bridgehead atoms. The normalized spacial score (nSPS) is 10.4. The fourth-order valence-electron chi connectivity index (χ4n) is 1.00. The predicted molar refractivity (Wildman–Crippen MR) is 65.7 cm³/mol. The fourth-order valence-corrected chi connectivity index (χ4v) is 1.75. The number of hydrogen-bond acceptors (Lipinski definition) is 6. The highest BCUT2D eigenvalue weighted by Gasteiger charge is 2.15. The van der Waals surface area contributed by atoms with E-state index in [1.54, 1.807) is 13.8 Å². The van der Waals surface area contributed by atoms with Crippen molar-refractivity contribution in [1.29, 1.82) is 0 Å². The van der Waals surface area contributed by atoms with E-state index in [1.807, 2.05) is 0 Å². The van der Waals surface area contributed by atoms with E-state index in [-0.39, 0.29) is 18.2 Å². The molecule has 0 fully saturated rings. The van der Waals surface area contributed by atoms with Gasteiger partial charge >= 0.3 is 5.97 Å². The first-order chi connectivity index (χ1) is 7.93. The number of ether oxygens (including phenoxy) is 1. The maximum Gasteiger partial charge on any atom is 0.311 e. The van der Waals surface area contributed by atoms with Crippen LogP contribution in [0.1, 0.15) is 19.5 Å². The quantitative estimate of drug-likeness (QED) is 0.786. The Hall–Kier alpha value is -1.63. The van der Waals surface area contributed by atoms with Crippen LogP contribution in [0.5, 0.6) is 0 Å². The first-order valence-electron chi connectivity index (χ1n) is 5.07. The van der Waals surface area contributed by atoms with Crippen molar-refractivity contribution in [3.8, 4) is 0 Å². The minimum Gasteiger partial charge on any atom is -0.469 e. The predicted octanol–water partition coefficient (Wildman–Crippen LogP) is 1.04. The van der Waals surface area contributed by atoms with Gasteiger partial charge in [0.05, 0.1) is 19.2 Å². The zero-order valence-electron chi connectivity index (χ0n) is 9.94. The summed E-state index contributed by atoms with van der Waals surface area (Å²) in [6.07, 6.45) is 0.0103. The van der Waals surface area contributed by atoms with Gasteiger partial charge in [-0.25, -0.2) is 4.98 Å². The molecule has 0 radical (unpaired) electrons. The molecule has 0 aromatic carbocycles. The number of anilines is 2. The van der Waals surface area contributed by atoms with Crippen molar-refractivity contribution in [2.45, 2.75) is 20.3 Å². The van der Waals surface area contributed by atoms with Gasteiger partial charge in [-0.15, -0.1) is 0 Å². The van der Waals surface area contributed by atoms with Gasteiger partial charge in [-0.05, 0) is 0 Å². The molecule has 0 saturated carbocycles. The average Bonchev–Trinajstić information content (AvgIpc) is 2.58. The number of rotatable bonds is 4. The van der Waals surface area contributed by atoms with Crippen LogP contribution in [0.15, 0.2) is 0 Å². The second-order valence-corrected chi connectivity index (χ2v) is 4.76. The van der Waals surface area contributed by atoms with Crippen molar-refractivity contribution < 1.29 is 14.3 Å². The largest absolute Gasteiger partial charge is 0.469 e. The molecule has 0 atom stereocenters. The first kappa shape index (κ1) is 13.4. The molecule has 0 aliphatic carbocycles. The lowest BCUT2D eigenvalue weighted by atomic mass is 10.2. The van der Waals surface area contributed by atoms with Crippen LogP contribution in [0.2, 0.25) is 0 Å². The molecule has 17 heavy (non-hydrogen) atoms. The molecule has 1 heterocycles. The third-order valence-corrected chi connectivity index (χ3v) is 2.86. The monoisotopic (exact) mass is 257 g/mol. The molecule has 0 aliphatic rings. The lowest BCUT2D eigenvalue weighted by Crippen LogP contribution is -2.17. The number of aromatic nitrogens is 1.